The molecule has 0 aliphatic carbocycles. The molecule has 2 heterocycles. The van der Waals surface area contributed by atoms with Gasteiger partial charge in [0.2, 0.25) is 6.54 Å². The minimum absolute atomic E-state index is 0.0218. The number of alkyl halides is 6. The Bertz CT molecular complexity index is 1230. The van der Waals surface area contributed by atoms with Crippen LogP contribution in [0.25, 0.3) is 4.85 Å². The van der Waals surface area contributed by atoms with Gasteiger partial charge >= 0.3 is 12.4 Å². The maximum atomic E-state index is 13.4. The molecule has 0 bridgehead atoms. The lowest BCUT2D eigenvalue weighted by Crippen LogP contribution is -2.59. The lowest BCUT2D eigenvalue weighted by atomic mass is 9.76. The number of hydrogen-bond donors (Lipinski definition) is 1. The van der Waals surface area contributed by atoms with E-state index in [4.69, 9.17) is 11.3 Å². The summed E-state index contributed by atoms with van der Waals surface area (Å²) in [5.41, 5.74) is -3.54. The van der Waals surface area contributed by atoms with E-state index >= 15 is 0 Å². The molecule has 1 aliphatic rings. The summed E-state index contributed by atoms with van der Waals surface area (Å²) in [7, 11) is 0. The highest BCUT2D eigenvalue weighted by Crippen LogP contribution is 2.41. The van der Waals surface area contributed by atoms with Crippen molar-refractivity contribution in [1.29, 1.82) is 0 Å². The Morgan fingerprint density at radius 3 is 2.11 bits per heavy atom. The molecule has 2 aromatic carbocycles. The van der Waals surface area contributed by atoms with E-state index in [1.807, 2.05) is 30.3 Å². The molecule has 0 spiro atoms. The van der Waals surface area contributed by atoms with Crippen LogP contribution in [0.5, 0.6) is 0 Å². The minimum Gasteiger partial charge on any atom is -0.372 e. The van der Waals surface area contributed by atoms with Crippen LogP contribution < -0.4 is 5.32 Å². The van der Waals surface area contributed by atoms with Crippen molar-refractivity contribution in [3.05, 3.63) is 94.9 Å². The molecule has 3 aromatic rings. The predicted molar refractivity (Wildman–Crippen MR) is 126 cm³/mol. The monoisotopic (exact) mass is 537 g/mol. The standard InChI is InChI=1S/C26H25F6N5O/c1-18(19-10-21(25(27,28)29)12-22(11-19)26(30,31)32)38-15-24(20-6-4-3-5-7-20)9-8-23(13-33-2,14-34-24)37-16-35-36-17-37/h3-7,10-12,16-18,34H,8-9,13-15H2,1H3/t18-,23+,24-/m1/s1. The fourth-order valence-electron chi connectivity index (χ4n) is 4.77. The maximum Gasteiger partial charge on any atom is 0.416 e. The average Bonchev–Trinajstić information content (AvgIpc) is 3.44. The number of piperidine rings is 1. The van der Waals surface area contributed by atoms with Crippen LogP contribution >= 0.6 is 0 Å². The van der Waals surface area contributed by atoms with Crippen LogP contribution in [-0.4, -0.2) is 34.5 Å². The Kier molecular flexibility index (Phi) is 7.54. The summed E-state index contributed by atoms with van der Waals surface area (Å²) >= 11 is 0. The molecule has 0 amide bonds. The van der Waals surface area contributed by atoms with Gasteiger partial charge in [-0.3, -0.25) is 0 Å². The van der Waals surface area contributed by atoms with Gasteiger partial charge in [0.25, 0.3) is 0 Å². The SMILES string of the molecule is [C-]#[N+]C[C@@]1(n2cnnc2)CC[C@@](CO[C@H](C)c2cc(C(F)(F)F)cc(C(F)(F)F)c2)(c2ccccc2)NC1. The minimum atomic E-state index is -4.94. The molecule has 12 heteroatoms. The third kappa shape index (κ3) is 5.68. The highest BCUT2D eigenvalue weighted by atomic mass is 19.4. The van der Waals surface area contributed by atoms with Gasteiger partial charge in [-0.2, -0.15) is 26.3 Å². The fraction of sp³-hybridized carbons (Fsp3) is 0.423. The van der Waals surface area contributed by atoms with Crippen LogP contribution in [0.3, 0.4) is 0 Å². The van der Waals surface area contributed by atoms with E-state index < -0.39 is 40.7 Å². The topological polar surface area (TPSA) is 56.3 Å². The number of nitrogens with zero attached hydrogens (tertiary/aromatic N) is 4. The van der Waals surface area contributed by atoms with Crippen LogP contribution in [0.2, 0.25) is 0 Å². The first-order valence-electron chi connectivity index (χ1n) is 11.8. The molecule has 4 rings (SSSR count). The summed E-state index contributed by atoms with van der Waals surface area (Å²) in [5.74, 6) is 0. The first-order valence-corrected chi connectivity index (χ1v) is 11.8. The molecule has 1 aliphatic heterocycles. The molecule has 38 heavy (non-hydrogen) atoms. The van der Waals surface area contributed by atoms with E-state index in [2.05, 4.69) is 20.4 Å². The van der Waals surface area contributed by atoms with Gasteiger partial charge in [-0.25, -0.2) is 6.57 Å². The second-order valence-electron chi connectivity index (χ2n) is 9.50. The summed E-state index contributed by atoms with van der Waals surface area (Å²) in [6.45, 7) is 9.37. The first kappa shape index (κ1) is 27.6. The molecule has 1 aromatic heterocycles. The van der Waals surface area contributed by atoms with Gasteiger partial charge in [0.1, 0.15) is 18.2 Å². The van der Waals surface area contributed by atoms with Gasteiger partial charge < -0.3 is 19.5 Å². The number of halogens is 6. The van der Waals surface area contributed by atoms with Crippen molar-refractivity contribution in [2.75, 3.05) is 19.7 Å². The molecular weight excluding hydrogens is 512 g/mol. The molecule has 6 nitrogen and oxygen atoms in total. The van der Waals surface area contributed by atoms with E-state index in [1.54, 1.807) is 17.2 Å². The highest BCUT2D eigenvalue weighted by Gasteiger charge is 2.47. The fourth-order valence-corrected chi connectivity index (χ4v) is 4.77. The summed E-state index contributed by atoms with van der Waals surface area (Å²) in [5, 5.41) is 11.2. The van der Waals surface area contributed by atoms with Crippen LogP contribution in [-0.2, 0) is 28.2 Å². The van der Waals surface area contributed by atoms with Crippen molar-refractivity contribution in [2.45, 2.75) is 49.3 Å². The molecule has 3 atom stereocenters. The molecule has 0 unspecified atom stereocenters. The van der Waals surface area contributed by atoms with Gasteiger partial charge in [-0.05, 0) is 49.1 Å². The number of aromatic nitrogens is 3. The van der Waals surface area contributed by atoms with Crippen molar-refractivity contribution in [3.8, 4) is 0 Å². The van der Waals surface area contributed by atoms with Gasteiger partial charge in [0.15, 0.2) is 0 Å². The summed E-state index contributed by atoms with van der Waals surface area (Å²) < 4.78 is 87.9. The zero-order valence-electron chi connectivity index (χ0n) is 20.4. The molecule has 1 saturated heterocycles. The molecular formula is C26H25F6N5O. The summed E-state index contributed by atoms with van der Waals surface area (Å²) in [6.07, 6.45) is -6.84. The third-order valence-corrected chi connectivity index (χ3v) is 7.10. The van der Waals surface area contributed by atoms with E-state index in [0.29, 0.717) is 31.5 Å². The second kappa shape index (κ2) is 10.4. The number of rotatable bonds is 7. The van der Waals surface area contributed by atoms with Crippen LogP contribution in [0.1, 0.15) is 48.1 Å². The number of ether oxygens (including phenoxy) is 1. The largest absolute Gasteiger partial charge is 0.416 e. The Hall–Kier alpha value is -3.43. The maximum absolute atomic E-state index is 13.4. The first-order chi connectivity index (χ1) is 17.9. The molecule has 0 saturated carbocycles. The molecule has 1 fully saturated rings. The second-order valence-corrected chi connectivity index (χ2v) is 9.50. The van der Waals surface area contributed by atoms with E-state index in [9.17, 15) is 26.3 Å². The number of benzene rings is 2. The van der Waals surface area contributed by atoms with Crippen LogP contribution in [0.4, 0.5) is 26.3 Å². The van der Waals surface area contributed by atoms with Crippen molar-refractivity contribution in [3.63, 3.8) is 0 Å². The number of hydrogen-bond acceptors (Lipinski definition) is 4. The zero-order chi connectivity index (χ0) is 27.6. The molecule has 202 valence electrons. The Morgan fingerprint density at radius 2 is 1.61 bits per heavy atom. The van der Waals surface area contributed by atoms with Gasteiger partial charge in [0, 0.05) is 6.54 Å². The van der Waals surface area contributed by atoms with E-state index in [-0.39, 0.29) is 24.8 Å². The van der Waals surface area contributed by atoms with Crippen molar-refractivity contribution >= 4 is 0 Å². The normalized spacial score (nSPS) is 23.1. The van der Waals surface area contributed by atoms with Crippen molar-refractivity contribution in [1.82, 2.24) is 20.1 Å². The Balaban J connectivity index is 1.61. The smallest absolute Gasteiger partial charge is 0.372 e. The Labute approximate surface area is 215 Å². The lowest BCUT2D eigenvalue weighted by Gasteiger charge is -2.46. The Morgan fingerprint density at radius 1 is 1.00 bits per heavy atom. The molecule has 0 radical (unpaired) electrons. The third-order valence-electron chi connectivity index (χ3n) is 7.10. The van der Waals surface area contributed by atoms with Crippen molar-refractivity contribution in [2.24, 2.45) is 0 Å². The van der Waals surface area contributed by atoms with Gasteiger partial charge in [0.05, 0.1) is 29.4 Å². The van der Waals surface area contributed by atoms with Gasteiger partial charge in [-0.15, -0.1) is 10.2 Å². The van der Waals surface area contributed by atoms with E-state index in [1.165, 1.54) is 6.92 Å². The van der Waals surface area contributed by atoms with E-state index in [0.717, 1.165) is 5.56 Å². The predicted octanol–water partition coefficient (Wildman–Crippen LogP) is 5.99. The van der Waals surface area contributed by atoms with Crippen molar-refractivity contribution < 1.29 is 31.1 Å². The average molecular weight is 538 g/mol. The highest BCUT2D eigenvalue weighted by molar-refractivity contribution is 5.35. The summed E-state index contributed by atoms with van der Waals surface area (Å²) in [6, 6.07) is 10.8. The summed E-state index contributed by atoms with van der Waals surface area (Å²) in [4.78, 5) is 3.60. The number of nitrogens with one attached hydrogen (secondary N) is 1. The quantitative estimate of drug-likeness (QED) is 0.297. The van der Waals surface area contributed by atoms with Crippen LogP contribution in [0, 0.1) is 6.57 Å². The van der Waals surface area contributed by atoms with Gasteiger partial charge in [-0.1, -0.05) is 30.3 Å². The molecule has 1 N–H and O–H groups in total. The lowest BCUT2D eigenvalue weighted by molar-refractivity contribution is -0.143. The zero-order valence-corrected chi connectivity index (χ0v) is 20.4. The van der Waals surface area contributed by atoms with Crippen LogP contribution in [0.15, 0.2) is 61.2 Å².